The summed E-state index contributed by atoms with van der Waals surface area (Å²) in [6.45, 7) is 7.58. The lowest BCUT2D eigenvalue weighted by molar-refractivity contribution is -0.138. The van der Waals surface area contributed by atoms with Crippen LogP contribution in [0.2, 0.25) is 0 Å². The highest BCUT2D eigenvalue weighted by Crippen LogP contribution is 2.39. The van der Waals surface area contributed by atoms with E-state index in [9.17, 15) is 14.7 Å². The number of anilines is 1. The number of carboxylic acid groups (broad SMARTS) is 1. The molecular formula is C30H37N3O5. The Morgan fingerprint density at radius 3 is 2.50 bits per heavy atom. The van der Waals surface area contributed by atoms with E-state index in [1.165, 1.54) is 12.7 Å². The number of aryl methyl sites for hydroxylation is 1. The number of imidazole rings is 1. The third-order valence-corrected chi connectivity index (χ3v) is 8.09. The van der Waals surface area contributed by atoms with E-state index in [4.69, 9.17) is 14.5 Å². The van der Waals surface area contributed by atoms with Crippen molar-refractivity contribution in [2.45, 2.75) is 76.8 Å². The van der Waals surface area contributed by atoms with Crippen LogP contribution in [0, 0.1) is 0 Å². The molecule has 1 N–H and O–H groups in total. The van der Waals surface area contributed by atoms with Crippen molar-refractivity contribution in [2.75, 3.05) is 25.2 Å². The summed E-state index contributed by atoms with van der Waals surface area (Å²) >= 11 is 0. The summed E-state index contributed by atoms with van der Waals surface area (Å²) in [5.41, 5.74) is 5.58. The number of carbonyl (C=O) groups excluding carboxylic acids is 1. The molecule has 8 heteroatoms. The van der Waals surface area contributed by atoms with E-state index in [1.54, 1.807) is 4.90 Å². The zero-order valence-electron chi connectivity index (χ0n) is 22.6. The molecule has 2 aliphatic heterocycles. The minimum absolute atomic E-state index is 0.0194. The fourth-order valence-electron chi connectivity index (χ4n) is 5.95. The number of nitrogens with zero attached hydrogens (tertiary/aromatic N) is 3. The molecule has 1 fully saturated rings. The van der Waals surface area contributed by atoms with Crippen LogP contribution in [-0.4, -0.2) is 53.1 Å². The molecule has 3 heterocycles. The van der Waals surface area contributed by atoms with Gasteiger partial charge in [-0.1, -0.05) is 38.1 Å². The van der Waals surface area contributed by atoms with Crippen molar-refractivity contribution in [3.05, 3.63) is 58.9 Å². The lowest BCUT2D eigenvalue weighted by Gasteiger charge is -2.34. The van der Waals surface area contributed by atoms with Crippen molar-refractivity contribution in [3.8, 4) is 0 Å². The van der Waals surface area contributed by atoms with E-state index >= 15 is 0 Å². The Balaban J connectivity index is 1.62. The molecule has 0 bridgehead atoms. The van der Waals surface area contributed by atoms with Crippen LogP contribution in [-0.2, 0) is 27.1 Å². The Kier molecular flexibility index (Phi) is 7.43. The number of amides is 1. The number of fused-ring (bicyclic) bond motifs is 3. The smallest absolute Gasteiger partial charge is 0.414 e. The van der Waals surface area contributed by atoms with Gasteiger partial charge in [0.05, 0.1) is 42.4 Å². The van der Waals surface area contributed by atoms with Crippen LogP contribution in [0.15, 0.2) is 36.4 Å². The first kappa shape index (κ1) is 26.2. The number of carboxylic acids is 1. The van der Waals surface area contributed by atoms with Gasteiger partial charge < -0.3 is 19.1 Å². The third-order valence-electron chi connectivity index (χ3n) is 8.09. The van der Waals surface area contributed by atoms with Crippen LogP contribution in [0.4, 0.5) is 10.5 Å². The second kappa shape index (κ2) is 10.8. The molecule has 2 aromatic carbocycles. The predicted molar refractivity (Wildman–Crippen MR) is 146 cm³/mol. The maximum atomic E-state index is 12.6. The molecular weight excluding hydrogens is 482 g/mol. The maximum Gasteiger partial charge on any atom is 0.414 e. The van der Waals surface area contributed by atoms with Crippen LogP contribution in [0.1, 0.15) is 80.4 Å². The Morgan fingerprint density at radius 1 is 1.13 bits per heavy atom. The van der Waals surface area contributed by atoms with Gasteiger partial charge in [-0.3, -0.25) is 9.69 Å². The molecule has 0 aliphatic carbocycles. The SMILES string of the molecule is COC(=O)N1c2ccc3c(nc(C[C@H](C(=O)O)c4ccc(C(C)C)cc4)n3[C@H]3CCCOC3)c2CC[C@@H]1C. The summed E-state index contributed by atoms with van der Waals surface area (Å²) in [5, 5.41) is 10.3. The summed E-state index contributed by atoms with van der Waals surface area (Å²) in [5.74, 6) is -0.471. The number of aliphatic carboxylic acids is 1. The van der Waals surface area contributed by atoms with E-state index in [2.05, 4.69) is 18.4 Å². The number of aromatic nitrogens is 2. The highest BCUT2D eigenvalue weighted by atomic mass is 16.5. The minimum Gasteiger partial charge on any atom is -0.481 e. The van der Waals surface area contributed by atoms with Crippen molar-refractivity contribution in [2.24, 2.45) is 0 Å². The van der Waals surface area contributed by atoms with Crippen LogP contribution < -0.4 is 4.90 Å². The molecule has 1 amide bonds. The van der Waals surface area contributed by atoms with Gasteiger partial charge in [-0.25, -0.2) is 9.78 Å². The minimum atomic E-state index is -0.867. The number of methoxy groups -OCH3 is 1. The first-order valence-corrected chi connectivity index (χ1v) is 13.6. The van der Waals surface area contributed by atoms with E-state index in [-0.39, 0.29) is 24.6 Å². The van der Waals surface area contributed by atoms with Gasteiger partial charge in [-0.2, -0.15) is 0 Å². The topological polar surface area (TPSA) is 93.9 Å². The first-order chi connectivity index (χ1) is 18.3. The molecule has 2 aliphatic rings. The summed E-state index contributed by atoms with van der Waals surface area (Å²) in [6.07, 6.45) is 3.37. The van der Waals surface area contributed by atoms with Gasteiger partial charge >= 0.3 is 12.1 Å². The molecule has 1 saturated heterocycles. The number of rotatable bonds is 6. The highest BCUT2D eigenvalue weighted by molar-refractivity contribution is 5.95. The van der Waals surface area contributed by atoms with Crippen molar-refractivity contribution in [1.29, 1.82) is 0 Å². The molecule has 1 aromatic heterocycles. The molecule has 0 radical (unpaired) electrons. The zero-order valence-corrected chi connectivity index (χ0v) is 22.6. The van der Waals surface area contributed by atoms with Gasteiger partial charge in [0.2, 0.25) is 0 Å². The average molecular weight is 520 g/mol. The Morgan fingerprint density at radius 2 is 1.87 bits per heavy atom. The van der Waals surface area contributed by atoms with Gasteiger partial charge in [0.25, 0.3) is 0 Å². The normalized spacial score (nSPS) is 20.4. The van der Waals surface area contributed by atoms with E-state index < -0.39 is 11.9 Å². The molecule has 0 saturated carbocycles. The Bertz CT molecular complexity index is 1320. The molecule has 0 spiro atoms. The van der Waals surface area contributed by atoms with Crippen LogP contribution in [0.25, 0.3) is 11.0 Å². The van der Waals surface area contributed by atoms with Crippen molar-refractivity contribution in [1.82, 2.24) is 9.55 Å². The largest absolute Gasteiger partial charge is 0.481 e. The number of benzene rings is 2. The van der Waals surface area contributed by atoms with Crippen molar-refractivity contribution < 1.29 is 24.2 Å². The second-order valence-electron chi connectivity index (χ2n) is 10.8. The summed E-state index contributed by atoms with van der Waals surface area (Å²) < 4.78 is 13.1. The van der Waals surface area contributed by atoms with Gasteiger partial charge in [0.15, 0.2) is 0 Å². The van der Waals surface area contributed by atoms with Gasteiger partial charge in [-0.15, -0.1) is 0 Å². The molecule has 3 atom stereocenters. The second-order valence-corrected chi connectivity index (χ2v) is 10.8. The fourth-order valence-corrected chi connectivity index (χ4v) is 5.95. The van der Waals surface area contributed by atoms with Gasteiger partial charge in [0.1, 0.15) is 5.82 Å². The molecule has 5 rings (SSSR count). The van der Waals surface area contributed by atoms with E-state index in [1.807, 2.05) is 43.3 Å². The lowest BCUT2D eigenvalue weighted by Crippen LogP contribution is -2.42. The van der Waals surface area contributed by atoms with E-state index in [0.717, 1.165) is 66.0 Å². The quantitative estimate of drug-likeness (QED) is 0.440. The molecule has 3 aromatic rings. The van der Waals surface area contributed by atoms with Crippen LogP contribution in [0.3, 0.4) is 0 Å². The van der Waals surface area contributed by atoms with Crippen LogP contribution >= 0.6 is 0 Å². The third kappa shape index (κ3) is 4.77. The number of hydrogen-bond donors (Lipinski definition) is 1. The van der Waals surface area contributed by atoms with Gasteiger partial charge in [-0.05, 0) is 61.8 Å². The summed E-state index contributed by atoms with van der Waals surface area (Å²) in [4.78, 5) is 32.0. The van der Waals surface area contributed by atoms with E-state index in [0.29, 0.717) is 12.5 Å². The molecule has 8 nitrogen and oxygen atoms in total. The predicted octanol–water partition coefficient (Wildman–Crippen LogP) is 5.83. The number of ether oxygens (including phenoxy) is 2. The van der Waals surface area contributed by atoms with Gasteiger partial charge in [0, 0.05) is 24.6 Å². The molecule has 38 heavy (non-hydrogen) atoms. The van der Waals surface area contributed by atoms with Crippen molar-refractivity contribution in [3.63, 3.8) is 0 Å². The zero-order chi connectivity index (χ0) is 27.0. The maximum absolute atomic E-state index is 12.6. The molecule has 0 unspecified atom stereocenters. The highest BCUT2D eigenvalue weighted by Gasteiger charge is 2.33. The number of hydrogen-bond acceptors (Lipinski definition) is 5. The monoisotopic (exact) mass is 519 g/mol. The first-order valence-electron chi connectivity index (χ1n) is 13.6. The lowest BCUT2D eigenvalue weighted by atomic mass is 9.92. The molecule has 202 valence electrons. The average Bonchev–Trinajstić information content (AvgIpc) is 3.30. The number of carbonyl (C=O) groups is 2. The fraction of sp³-hybridized carbons (Fsp3) is 0.500. The summed E-state index contributed by atoms with van der Waals surface area (Å²) in [6, 6.07) is 12.0. The van der Waals surface area contributed by atoms with Crippen LogP contribution in [0.5, 0.6) is 0 Å². The Hall–Kier alpha value is -3.39. The standard InChI is InChI=1S/C30H37N3O5/c1-18(2)20-8-10-21(11-9-20)24(29(34)35)16-27-31-28-23-12-7-19(3)32(30(36)37-4)25(23)13-14-26(28)33(27)22-6-5-15-38-17-22/h8-11,13-14,18-19,22,24H,5-7,12,15-17H2,1-4H3,(H,34,35)/t19-,22-,24-/m0/s1. The summed E-state index contributed by atoms with van der Waals surface area (Å²) in [7, 11) is 1.40. The Labute approximate surface area is 223 Å². The van der Waals surface area contributed by atoms with Crippen molar-refractivity contribution >= 4 is 28.8 Å².